The van der Waals surface area contributed by atoms with Crippen molar-refractivity contribution in [3.05, 3.63) is 17.0 Å². The maximum atomic E-state index is 12.2. The fourth-order valence-corrected chi connectivity index (χ4v) is 3.82. The lowest BCUT2D eigenvalue weighted by Gasteiger charge is -2.32. The molecule has 0 saturated carbocycles. The van der Waals surface area contributed by atoms with Crippen molar-refractivity contribution in [2.24, 2.45) is 0 Å². The molecule has 0 unspecified atom stereocenters. The summed E-state index contributed by atoms with van der Waals surface area (Å²) < 4.78 is 27.6. The van der Waals surface area contributed by atoms with Crippen LogP contribution in [0, 0.1) is 0 Å². The van der Waals surface area contributed by atoms with Crippen LogP contribution in [0.3, 0.4) is 0 Å². The third-order valence-electron chi connectivity index (χ3n) is 3.38. The highest BCUT2D eigenvalue weighted by Gasteiger charge is 2.24. The van der Waals surface area contributed by atoms with Crippen molar-refractivity contribution in [3.63, 3.8) is 0 Å². The maximum Gasteiger partial charge on any atom is 0.250 e. The summed E-state index contributed by atoms with van der Waals surface area (Å²) in [5.74, 6) is 0. The van der Waals surface area contributed by atoms with E-state index >= 15 is 0 Å². The number of nitrogens with zero attached hydrogens (tertiary/aromatic N) is 1. The zero-order valence-corrected chi connectivity index (χ0v) is 14.5. The molecule has 1 heterocycles. The Labute approximate surface area is 126 Å². The van der Waals surface area contributed by atoms with Crippen LogP contribution < -0.4 is 10.0 Å². The van der Waals surface area contributed by atoms with Crippen LogP contribution in [0.1, 0.15) is 26.3 Å². The summed E-state index contributed by atoms with van der Waals surface area (Å²) >= 11 is 1.26. The van der Waals surface area contributed by atoms with E-state index in [-0.39, 0.29) is 5.54 Å². The number of nitrogens with one attached hydrogen (secondary N) is 2. The Morgan fingerprint density at radius 1 is 1.35 bits per heavy atom. The number of thiophene rings is 1. The van der Waals surface area contributed by atoms with E-state index in [2.05, 4.69) is 10.0 Å². The molecule has 1 aromatic heterocycles. The van der Waals surface area contributed by atoms with Gasteiger partial charge in [0.05, 0.1) is 0 Å². The summed E-state index contributed by atoms with van der Waals surface area (Å²) in [5, 5.41) is 5.07. The highest BCUT2D eigenvalue weighted by molar-refractivity contribution is 7.91. The first-order chi connectivity index (χ1) is 9.19. The predicted molar refractivity (Wildman–Crippen MR) is 84.7 cm³/mol. The first kappa shape index (κ1) is 17.6. The number of sulfonamides is 1. The smallest absolute Gasteiger partial charge is 0.250 e. The zero-order chi connectivity index (χ0) is 15.4. The molecule has 116 valence electrons. The molecule has 7 heteroatoms. The van der Waals surface area contributed by atoms with Crippen molar-refractivity contribution < 1.29 is 8.42 Å². The van der Waals surface area contributed by atoms with Gasteiger partial charge < -0.3 is 10.2 Å². The predicted octanol–water partition coefficient (Wildman–Crippen LogP) is 1.48. The Balaban J connectivity index is 2.72. The van der Waals surface area contributed by atoms with E-state index in [1.54, 1.807) is 6.07 Å². The van der Waals surface area contributed by atoms with E-state index in [1.165, 1.54) is 11.3 Å². The summed E-state index contributed by atoms with van der Waals surface area (Å²) in [6.45, 7) is 7.97. The third-order valence-corrected chi connectivity index (χ3v) is 6.27. The minimum absolute atomic E-state index is 0.225. The molecule has 0 spiro atoms. The lowest BCUT2D eigenvalue weighted by atomic mass is 10.1. The number of likely N-dealkylation sites (N-methyl/N-ethyl adjacent to an activating group) is 1. The van der Waals surface area contributed by atoms with E-state index in [1.807, 2.05) is 45.1 Å². The number of rotatable bonds is 8. The van der Waals surface area contributed by atoms with E-state index in [4.69, 9.17) is 0 Å². The molecule has 0 atom stereocenters. The van der Waals surface area contributed by atoms with Crippen LogP contribution in [0.15, 0.2) is 15.7 Å². The molecule has 20 heavy (non-hydrogen) atoms. The maximum absolute atomic E-state index is 12.2. The normalized spacial score (nSPS) is 13.1. The second-order valence-corrected chi connectivity index (χ2v) is 8.49. The lowest BCUT2D eigenvalue weighted by Crippen LogP contribution is -2.48. The molecule has 0 radical (unpaired) electrons. The molecule has 0 aliphatic heterocycles. The molecule has 0 bridgehead atoms. The van der Waals surface area contributed by atoms with Crippen LogP contribution in [0.4, 0.5) is 0 Å². The van der Waals surface area contributed by atoms with Crippen LogP contribution >= 0.6 is 11.3 Å². The van der Waals surface area contributed by atoms with E-state index in [0.717, 1.165) is 12.1 Å². The molecule has 0 aromatic carbocycles. The Kier molecular flexibility index (Phi) is 6.15. The number of hydrogen-bond donors (Lipinski definition) is 2. The van der Waals surface area contributed by atoms with Gasteiger partial charge in [0.25, 0.3) is 0 Å². The van der Waals surface area contributed by atoms with E-state index < -0.39 is 10.0 Å². The molecule has 0 amide bonds. The monoisotopic (exact) mass is 319 g/mol. The van der Waals surface area contributed by atoms with Gasteiger partial charge in [-0.05, 0) is 51.5 Å². The van der Waals surface area contributed by atoms with E-state index in [0.29, 0.717) is 17.3 Å². The van der Waals surface area contributed by atoms with Crippen molar-refractivity contribution in [2.75, 3.05) is 27.2 Å². The van der Waals surface area contributed by atoms with Crippen LogP contribution in [-0.2, 0) is 16.6 Å². The van der Waals surface area contributed by atoms with Gasteiger partial charge in [-0.25, -0.2) is 13.1 Å². The molecule has 2 N–H and O–H groups in total. The fourth-order valence-electron chi connectivity index (χ4n) is 1.36. The number of hydrogen-bond acceptors (Lipinski definition) is 5. The highest BCUT2D eigenvalue weighted by Crippen LogP contribution is 2.20. The van der Waals surface area contributed by atoms with Crippen molar-refractivity contribution in [1.29, 1.82) is 0 Å². The van der Waals surface area contributed by atoms with Crippen molar-refractivity contribution >= 4 is 21.4 Å². The van der Waals surface area contributed by atoms with Gasteiger partial charge in [-0.3, -0.25) is 0 Å². The van der Waals surface area contributed by atoms with Gasteiger partial charge in [-0.15, -0.1) is 11.3 Å². The van der Waals surface area contributed by atoms with Crippen LogP contribution in [-0.4, -0.2) is 46.0 Å². The molecule has 0 saturated heterocycles. The van der Waals surface area contributed by atoms with Crippen LogP contribution in [0.5, 0.6) is 0 Å². The first-order valence-electron chi connectivity index (χ1n) is 6.64. The highest BCUT2D eigenvalue weighted by atomic mass is 32.2. The zero-order valence-electron chi connectivity index (χ0n) is 12.9. The van der Waals surface area contributed by atoms with Gasteiger partial charge in [0.15, 0.2) is 0 Å². The summed E-state index contributed by atoms with van der Waals surface area (Å²) in [6.07, 6.45) is 0. The second kappa shape index (κ2) is 7.00. The summed E-state index contributed by atoms with van der Waals surface area (Å²) in [5.41, 5.74) is 0.779. The average Bonchev–Trinajstić information content (AvgIpc) is 2.83. The standard InChI is InChI=1S/C13H25N3O2S2/c1-6-14-8-11-7-12(19-9-11)20(17,18)15-10-13(2,3)16(4)5/h7,9,14-15H,6,8,10H2,1-5H3. The molecule has 0 fully saturated rings. The van der Waals surface area contributed by atoms with Crippen molar-refractivity contribution in [1.82, 2.24) is 14.9 Å². The fraction of sp³-hybridized carbons (Fsp3) is 0.692. The molecule has 0 aliphatic carbocycles. The second-order valence-electron chi connectivity index (χ2n) is 5.59. The van der Waals surface area contributed by atoms with E-state index in [9.17, 15) is 8.42 Å². The van der Waals surface area contributed by atoms with Gasteiger partial charge >= 0.3 is 0 Å². The SMILES string of the molecule is CCNCc1csc(S(=O)(=O)NCC(C)(C)N(C)C)c1. The summed E-state index contributed by atoms with van der Waals surface area (Å²) in [4.78, 5) is 2.00. The average molecular weight is 319 g/mol. The van der Waals surface area contributed by atoms with Crippen molar-refractivity contribution in [2.45, 2.75) is 37.1 Å². The minimum atomic E-state index is -3.42. The van der Waals surface area contributed by atoms with Crippen molar-refractivity contribution in [3.8, 4) is 0 Å². The largest absolute Gasteiger partial charge is 0.313 e. The van der Waals surface area contributed by atoms with Gasteiger partial charge in [-0.1, -0.05) is 6.92 Å². The Morgan fingerprint density at radius 3 is 2.55 bits per heavy atom. The van der Waals surface area contributed by atoms with Crippen LogP contribution in [0.2, 0.25) is 0 Å². The molecule has 0 aliphatic rings. The molecule has 5 nitrogen and oxygen atoms in total. The first-order valence-corrected chi connectivity index (χ1v) is 9.00. The summed E-state index contributed by atoms with van der Waals surface area (Å²) in [6, 6.07) is 1.73. The van der Waals surface area contributed by atoms with Gasteiger partial charge in [0, 0.05) is 18.6 Å². The molecular formula is C13H25N3O2S2. The molecule has 1 rings (SSSR count). The van der Waals surface area contributed by atoms with Gasteiger partial charge in [-0.2, -0.15) is 0 Å². The van der Waals surface area contributed by atoms with Gasteiger partial charge in [0.1, 0.15) is 4.21 Å². The molecular weight excluding hydrogens is 294 g/mol. The topological polar surface area (TPSA) is 61.4 Å². The lowest BCUT2D eigenvalue weighted by molar-refractivity contribution is 0.199. The summed E-state index contributed by atoms with van der Waals surface area (Å²) in [7, 11) is 0.460. The minimum Gasteiger partial charge on any atom is -0.313 e. The van der Waals surface area contributed by atoms with Crippen LogP contribution in [0.25, 0.3) is 0 Å². The molecule has 1 aromatic rings. The quantitative estimate of drug-likeness (QED) is 0.762. The Morgan fingerprint density at radius 2 is 2.00 bits per heavy atom. The third kappa shape index (κ3) is 4.82. The Hall–Kier alpha value is -0.470. The Bertz CT molecular complexity index is 521. The van der Waals surface area contributed by atoms with Gasteiger partial charge in [0.2, 0.25) is 10.0 Å².